The summed E-state index contributed by atoms with van der Waals surface area (Å²) < 4.78 is 38.6. The molecule has 0 aliphatic heterocycles. The molecule has 4 nitrogen and oxygen atoms in total. The van der Waals surface area contributed by atoms with Gasteiger partial charge in [0, 0.05) is 19.2 Å². The molecule has 0 atom stereocenters. The maximum atomic E-state index is 12.9. The molecule has 2 aromatic carbocycles. The quantitative estimate of drug-likeness (QED) is 0.612. The highest BCUT2D eigenvalue weighted by Crippen LogP contribution is 2.31. The summed E-state index contributed by atoms with van der Waals surface area (Å²) >= 11 is 0. The normalized spacial score (nSPS) is 11.3. The molecule has 0 aliphatic rings. The van der Waals surface area contributed by atoms with E-state index in [9.17, 15) is 22.8 Å². The van der Waals surface area contributed by atoms with E-state index in [1.165, 1.54) is 18.2 Å². The summed E-state index contributed by atoms with van der Waals surface area (Å²) in [5.74, 6) is -1.20. The molecule has 0 fully saturated rings. The van der Waals surface area contributed by atoms with Gasteiger partial charge < -0.3 is 10.6 Å². The summed E-state index contributed by atoms with van der Waals surface area (Å²) in [5.41, 5.74) is -0.581. The van der Waals surface area contributed by atoms with Crippen LogP contribution in [0, 0.1) is 0 Å². The third kappa shape index (κ3) is 5.77. The zero-order chi connectivity index (χ0) is 19.0. The zero-order valence-electron chi connectivity index (χ0n) is 13.7. The van der Waals surface area contributed by atoms with Gasteiger partial charge in [0.15, 0.2) is 0 Å². The molecule has 0 spiro atoms. The van der Waals surface area contributed by atoms with E-state index < -0.39 is 23.2 Å². The summed E-state index contributed by atoms with van der Waals surface area (Å²) in [6.45, 7) is 0.105. The van der Waals surface area contributed by atoms with Crippen molar-refractivity contribution in [1.29, 1.82) is 0 Å². The topological polar surface area (TPSA) is 58.2 Å². The molecular formula is C19H17F3N2O2. The van der Waals surface area contributed by atoms with Gasteiger partial charge in [0.1, 0.15) is 0 Å². The predicted octanol–water partition coefficient (Wildman–Crippen LogP) is 3.26. The van der Waals surface area contributed by atoms with E-state index >= 15 is 0 Å². The van der Waals surface area contributed by atoms with Gasteiger partial charge in [-0.25, -0.2) is 0 Å². The molecule has 0 bridgehead atoms. The molecule has 0 heterocycles. The molecule has 136 valence electrons. The van der Waals surface area contributed by atoms with Crippen LogP contribution in [0.5, 0.6) is 0 Å². The maximum Gasteiger partial charge on any atom is 0.417 e. The Balaban J connectivity index is 1.81. The van der Waals surface area contributed by atoms with E-state index in [-0.39, 0.29) is 19.0 Å². The third-order valence-electron chi connectivity index (χ3n) is 3.41. The lowest BCUT2D eigenvalue weighted by atomic mass is 10.1. The molecule has 2 rings (SSSR count). The molecule has 0 unspecified atom stereocenters. The molecule has 0 saturated heterocycles. The van der Waals surface area contributed by atoms with E-state index in [0.29, 0.717) is 0 Å². The number of nitrogens with one attached hydrogen (secondary N) is 2. The van der Waals surface area contributed by atoms with Gasteiger partial charge in [0.2, 0.25) is 5.91 Å². The highest BCUT2D eigenvalue weighted by Gasteiger charge is 2.34. The monoisotopic (exact) mass is 362 g/mol. The molecule has 0 radical (unpaired) electrons. The van der Waals surface area contributed by atoms with Crippen molar-refractivity contribution >= 4 is 17.9 Å². The molecule has 26 heavy (non-hydrogen) atoms. The summed E-state index contributed by atoms with van der Waals surface area (Å²) in [6.07, 6.45) is -1.63. The number of benzene rings is 2. The van der Waals surface area contributed by atoms with Crippen molar-refractivity contribution in [2.45, 2.75) is 6.18 Å². The van der Waals surface area contributed by atoms with Crippen molar-refractivity contribution in [2.24, 2.45) is 0 Å². The maximum absolute atomic E-state index is 12.9. The molecule has 0 aliphatic carbocycles. The Bertz CT molecular complexity index is 787. The first-order valence-electron chi connectivity index (χ1n) is 7.83. The van der Waals surface area contributed by atoms with Crippen LogP contribution in [0.1, 0.15) is 21.5 Å². The largest absolute Gasteiger partial charge is 0.417 e. The Labute approximate surface area is 148 Å². The summed E-state index contributed by atoms with van der Waals surface area (Å²) in [7, 11) is 0. The first-order chi connectivity index (χ1) is 12.4. The Morgan fingerprint density at radius 1 is 0.885 bits per heavy atom. The lowest BCUT2D eigenvalue weighted by molar-refractivity contribution is -0.138. The lowest BCUT2D eigenvalue weighted by Gasteiger charge is -2.12. The Hall–Kier alpha value is -3.09. The zero-order valence-corrected chi connectivity index (χ0v) is 13.7. The SMILES string of the molecule is O=C(/C=C/c1ccccc1)NCCNC(=O)c1ccccc1C(F)(F)F. The molecule has 2 N–H and O–H groups in total. The number of rotatable bonds is 6. The number of amides is 2. The van der Waals surface area contributed by atoms with Crippen LogP contribution in [0.25, 0.3) is 6.08 Å². The van der Waals surface area contributed by atoms with E-state index in [1.807, 2.05) is 30.3 Å². The molecule has 2 aromatic rings. The summed E-state index contributed by atoms with van der Waals surface area (Å²) in [4.78, 5) is 23.6. The van der Waals surface area contributed by atoms with Crippen LogP contribution >= 0.6 is 0 Å². The first kappa shape index (κ1) is 19.2. The number of carbonyl (C=O) groups excluding carboxylic acids is 2. The Morgan fingerprint density at radius 2 is 1.50 bits per heavy atom. The van der Waals surface area contributed by atoms with Crippen LogP contribution in [0.4, 0.5) is 13.2 Å². The van der Waals surface area contributed by atoms with E-state index in [1.54, 1.807) is 6.08 Å². The number of alkyl halides is 3. The fraction of sp³-hybridized carbons (Fsp3) is 0.158. The van der Waals surface area contributed by atoms with Crippen molar-refractivity contribution in [3.05, 3.63) is 77.4 Å². The Kier molecular flexibility index (Phi) is 6.54. The smallest absolute Gasteiger partial charge is 0.351 e. The van der Waals surface area contributed by atoms with Gasteiger partial charge in [0.25, 0.3) is 5.91 Å². The summed E-state index contributed by atoms with van der Waals surface area (Å²) in [5, 5.41) is 4.90. The first-order valence-corrected chi connectivity index (χ1v) is 7.83. The lowest BCUT2D eigenvalue weighted by Crippen LogP contribution is -2.34. The van der Waals surface area contributed by atoms with Gasteiger partial charge in [-0.2, -0.15) is 13.2 Å². The minimum atomic E-state index is -4.61. The van der Waals surface area contributed by atoms with Gasteiger partial charge in [-0.3, -0.25) is 9.59 Å². The van der Waals surface area contributed by atoms with Crippen molar-refractivity contribution < 1.29 is 22.8 Å². The van der Waals surface area contributed by atoms with Crippen molar-refractivity contribution in [2.75, 3.05) is 13.1 Å². The number of hydrogen-bond donors (Lipinski definition) is 2. The van der Waals surface area contributed by atoms with Gasteiger partial charge in [-0.1, -0.05) is 42.5 Å². The average Bonchev–Trinajstić information content (AvgIpc) is 2.63. The van der Waals surface area contributed by atoms with Crippen LogP contribution in [-0.2, 0) is 11.0 Å². The predicted molar refractivity (Wildman–Crippen MR) is 92.3 cm³/mol. The fourth-order valence-electron chi connectivity index (χ4n) is 2.18. The second-order valence-electron chi connectivity index (χ2n) is 5.33. The minimum Gasteiger partial charge on any atom is -0.351 e. The van der Waals surface area contributed by atoms with E-state index in [4.69, 9.17) is 0 Å². The molecule has 7 heteroatoms. The Morgan fingerprint density at radius 3 is 2.19 bits per heavy atom. The van der Waals surface area contributed by atoms with Gasteiger partial charge in [-0.15, -0.1) is 0 Å². The van der Waals surface area contributed by atoms with E-state index in [2.05, 4.69) is 10.6 Å². The van der Waals surface area contributed by atoms with Crippen LogP contribution in [0.15, 0.2) is 60.7 Å². The number of halogens is 3. The fourth-order valence-corrected chi connectivity index (χ4v) is 2.18. The van der Waals surface area contributed by atoms with Crippen molar-refractivity contribution in [3.63, 3.8) is 0 Å². The van der Waals surface area contributed by atoms with Gasteiger partial charge in [0.05, 0.1) is 11.1 Å². The highest BCUT2D eigenvalue weighted by molar-refractivity contribution is 5.96. The standard InChI is InChI=1S/C19H17F3N2O2/c20-19(21,22)16-9-5-4-8-15(16)18(26)24-13-12-23-17(25)11-10-14-6-2-1-3-7-14/h1-11H,12-13H2,(H,23,25)(H,24,26)/b11-10+. The molecule has 0 aromatic heterocycles. The van der Waals surface area contributed by atoms with E-state index in [0.717, 1.165) is 17.7 Å². The molecule has 0 saturated carbocycles. The number of hydrogen-bond acceptors (Lipinski definition) is 2. The van der Waals surface area contributed by atoms with Gasteiger partial charge in [-0.05, 0) is 23.8 Å². The van der Waals surface area contributed by atoms with Crippen LogP contribution < -0.4 is 10.6 Å². The second kappa shape index (κ2) is 8.84. The van der Waals surface area contributed by atoms with Gasteiger partial charge >= 0.3 is 6.18 Å². The minimum absolute atomic E-state index is 0.00986. The van der Waals surface area contributed by atoms with Crippen LogP contribution in [0.2, 0.25) is 0 Å². The molecule has 2 amide bonds. The molecular weight excluding hydrogens is 345 g/mol. The highest BCUT2D eigenvalue weighted by atomic mass is 19.4. The van der Waals surface area contributed by atoms with Crippen LogP contribution in [-0.4, -0.2) is 24.9 Å². The third-order valence-corrected chi connectivity index (χ3v) is 3.41. The van der Waals surface area contributed by atoms with Crippen LogP contribution in [0.3, 0.4) is 0 Å². The van der Waals surface area contributed by atoms with Crippen molar-refractivity contribution in [1.82, 2.24) is 10.6 Å². The number of carbonyl (C=O) groups is 2. The van der Waals surface area contributed by atoms with Crippen molar-refractivity contribution in [3.8, 4) is 0 Å². The summed E-state index contributed by atoms with van der Waals surface area (Å²) in [6, 6.07) is 13.8. The average molecular weight is 362 g/mol. The second-order valence-corrected chi connectivity index (χ2v) is 5.33.